The molecule has 116 valence electrons. The van der Waals surface area contributed by atoms with Crippen molar-refractivity contribution >= 4 is 17.7 Å². The van der Waals surface area contributed by atoms with E-state index in [0.29, 0.717) is 25.3 Å². The molecule has 0 fully saturated rings. The first-order chi connectivity index (χ1) is 10.0. The van der Waals surface area contributed by atoms with Crippen LogP contribution in [0.15, 0.2) is 24.3 Å². The molecule has 0 saturated heterocycles. The van der Waals surface area contributed by atoms with Crippen LogP contribution >= 0.6 is 0 Å². The fraction of sp³-hybridized carbons (Fsp3) is 0.467. The Bertz CT molecular complexity index is 459. The molecule has 0 radical (unpaired) electrons. The van der Waals surface area contributed by atoms with Crippen LogP contribution in [-0.2, 0) is 16.0 Å². The maximum Gasteiger partial charge on any atom is 0.321 e. The van der Waals surface area contributed by atoms with Crippen LogP contribution in [-0.4, -0.2) is 49.3 Å². The van der Waals surface area contributed by atoms with Gasteiger partial charge >= 0.3 is 12.0 Å². The van der Waals surface area contributed by atoms with Gasteiger partial charge in [-0.3, -0.25) is 4.79 Å². The molecule has 6 nitrogen and oxygen atoms in total. The monoisotopic (exact) mass is 294 g/mol. The second-order valence-electron chi connectivity index (χ2n) is 4.79. The van der Waals surface area contributed by atoms with E-state index in [-0.39, 0.29) is 12.5 Å². The fourth-order valence-electron chi connectivity index (χ4n) is 1.77. The van der Waals surface area contributed by atoms with Crippen molar-refractivity contribution in [2.45, 2.75) is 19.3 Å². The molecule has 0 saturated carbocycles. The molecular formula is C15H22N2O4. The predicted molar refractivity (Wildman–Crippen MR) is 80.5 cm³/mol. The number of aliphatic carboxylic acids is 1. The number of carboxylic acid groups (broad SMARTS) is 1. The molecule has 0 aliphatic rings. The SMILES string of the molecule is COCCCN(C)C(=O)Nc1ccc(CCC(=O)O)cc1. The van der Waals surface area contributed by atoms with Gasteiger partial charge in [0.1, 0.15) is 0 Å². The van der Waals surface area contributed by atoms with E-state index in [2.05, 4.69) is 5.32 Å². The molecule has 0 aliphatic carbocycles. The molecule has 2 N–H and O–H groups in total. The smallest absolute Gasteiger partial charge is 0.321 e. The second kappa shape index (κ2) is 8.97. The molecule has 2 amide bonds. The zero-order chi connectivity index (χ0) is 15.7. The minimum atomic E-state index is -0.815. The number of hydrogen-bond donors (Lipinski definition) is 2. The Morgan fingerprint density at radius 2 is 1.95 bits per heavy atom. The molecule has 21 heavy (non-hydrogen) atoms. The van der Waals surface area contributed by atoms with Crippen LogP contribution in [0.1, 0.15) is 18.4 Å². The van der Waals surface area contributed by atoms with Crippen molar-refractivity contribution < 1.29 is 19.4 Å². The largest absolute Gasteiger partial charge is 0.481 e. The van der Waals surface area contributed by atoms with Crippen molar-refractivity contribution in [2.24, 2.45) is 0 Å². The Labute approximate surface area is 124 Å². The summed E-state index contributed by atoms with van der Waals surface area (Å²) < 4.78 is 4.94. The number of urea groups is 1. The van der Waals surface area contributed by atoms with E-state index in [1.54, 1.807) is 31.2 Å². The summed E-state index contributed by atoms with van der Waals surface area (Å²) in [6.07, 6.45) is 1.38. The number of nitrogens with one attached hydrogen (secondary N) is 1. The van der Waals surface area contributed by atoms with Gasteiger partial charge < -0.3 is 20.1 Å². The highest BCUT2D eigenvalue weighted by molar-refractivity contribution is 5.89. The molecule has 1 aromatic rings. The van der Waals surface area contributed by atoms with Gasteiger partial charge in [-0.2, -0.15) is 0 Å². The number of nitrogens with zero attached hydrogens (tertiary/aromatic N) is 1. The van der Waals surface area contributed by atoms with E-state index in [4.69, 9.17) is 9.84 Å². The number of aryl methyl sites for hydroxylation is 1. The highest BCUT2D eigenvalue weighted by Crippen LogP contribution is 2.11. The summed E-state index contributed by atoms with van der Waals surface area (Å²) in [5, 5.41) is 11.4. The third kappa shape index (κ3) is 6.76. The summed E-state index contributed by atoms with van der Waals surface area (Å²) in [6, 6.07) is 7.02. The quantitative estimate of drug-likeness (QED) is 0.720. The van der Waals surface area contributed by atoms with Crippen LogP contribution in [0.25, 0.3) is 0 Å². The summed E-state index contributed by atoms with van der Waals surface area (Å²) in [6.45, 7) is 1.24. The lowest BCUT2D eigenvalue weighted by atomic mass is 10.1. The Kier molecular flexibility index (Phi) is 7.25. The van der Waals surface area contributed by atoms with Crippen LogP contribution in [0.4, 0.5) is 10.5 Å². The van der Waals surface area contributed by atoms with E-state index >= 15 is 0 Å². The van der Waals surface area contributed by atoms with Gasteiger partial charge in [-0.1, -0.05) is 12.1 Å². The maximum absolute atomic E-state index is 11.9. The van der Waals surface area contributed by atoms with Gasteiger partial charge in [0, 0.05) is 39.4 Å². The molecule has 0 atom stereocenters. The first-order valence-corrected chi connectivity index (χ1v) is 6.84. The highest BCUT2D eigenvalue weighted by Gasteiger charge is 2.08. The molecule has 0 bridgehead atoms. The van der Waals surface area contributed by atoms with Crippen molar-refractivity contribution in [1.29, 1.82) is 0 Å². The number of anilines is 1. The van der Waals surface area contributed by atoms with Gasteiger partial charge in [0.2, 0.25) is 0 Å². The normalized spacial score (nSPS) is 10.2. The topological polar surface area (TPSA) is 78.9 Å². The summed E-state index contributed by atoms with van der Waals surface area (Å²) >= 11 is 0. The van der Waals surface area contributed by atoms with Crippen molar-refractivity contribution in [2.75, 3.05) is 32.6 Å². The number of benzene rings is 1. The minimum Gasteiger partial charge on any atom is -0.481 e. The number of hydrogen-bond acceptors (Lipinski definition) is 3. The number of ether oxygens (including phenoxy) is 1. The van der Waals surface area contributed by atoms with E-state index in [1.165, 1.54) is 0 Å². The standard InChI is InChI=1S/C15H22N2O4/c1-17(10-3-11-21-2)15(20)16-13-7-4-12(5-8-13)6-9-14(18)19/h4-5,7-8H,3,6,9-11H2,1-2H3,(H,16,20)(H,18,19). The van der Waals surface area contributed by atoms with Gasteiger partial charge in [0.15, 0.2) is 0 Å². The molecule has 6 heteroatoms. The molecule has 0 heterocycles. The van der Waals surface area contributed by atoms with E-state index in [1.807, 2.05) is 12.1 Å². The first-order valence-electron chi connectivity index (χ1n) is 6.84. The molecular weight excluding hydrogens is 272 g/mol. The zero-order valence-corrected chi connectivity index (χ0v) is 12.5. The van der Waals surface area contributed by atoms with Gasteiger partial charge in [-0.15, -0.1) is 0 Å². The van der Waals surface area contributed by atoms with E-state index in [9.17, 15) is 9.59 Å². The summed E-state index contributed by atoms with van der Waals surface area (Å²) in [4.78, 5) is 24.0. The highest BCUT2D eigenvalue weighted by atomic mass is 16.5. The third-order valence-electron chi connectivity index (χ3n) is 3.02. The Balaban J connectivity index is 2.43. The predicted octanol–water partition coefficient (Wildman–Crippen LogP) is 2.20. The number of carboxylic acids is 1. The van der Waals surface area contributed by atoms with Crippen LogP contribution in [0.2, 0.25) is 0 Å². The lowest BCUT2D eigenvalue weighted by molar-refractivity contribution is -0.136. The van der Waals surface area contributed by atoms with Crippen LogP contribution in [0.3, 0.4) is 0 Å². The van der Waals surface area contributed by atoms with Crippen molar-refractivity contribution in [3.8, 4) is 0 Å². The lowest BCUT2D eigenvalue weighted by Crippen LogP contribution is -2.32. The Hall–Kier alpha value is -2.08. The maximum atomic E-state index is 11.9. The lowest BCUT2D eigenvalue weighted by Gasteiger charge is -2.17. The van der Waals surface area contributed by atoms with Gasteiger partial charge in [0.05, 0.1) is 0 Å². The molecule has 0 aliphatic heterocycles. The van der Waals surface area contributed by atoms with Crippen molar-refractivity contribution in [3.05, 3.63) is 29.8 Å². The number of amides is 2. The average Bonchev–Trinajstić information content (AvgIpc) is 2.46. The van der Waals surface area contributed by atoms with E-state index < -0.39 is 5.97 Å². The molecule has 0 aromatic heterocycles. The molecule has 1 aromatic carbocycles. The Morgan fingerprint density at radius 1 is 1.29 bits per heavy atom. The van der Waals surface area contributed by atoms with E-state index in [0.717, 1.165) is 12.0 Å². The second-order valence-corrected chi connectivity index (χ2v) is 4.79. The van der Waals surface area contributed by atoms with Crippen molar-refractivity contribution in [3.63, 3.8) is 0 Å². The average molecular weight is 294 g/mol. The van der Waals surface area contributed by atoms with Gasteiger partial charge in [-0.25, -0.2) is 4.79 Å². The molecule has 0 spiro atoms. The van der Waals surface area contributed by atoms with Crippen LogP contribution < -0.4 is 5.32 Å². The van der Waals surface area contributed by atoms with Crippen molar-refractivity contribution in [1.82, 2.24) is 4.90 Å². The fourth-order valence-corrected chi connectivity index (χ4v) is 1.77. The number of carbonyl (C=O) groups excluding carboxylic acids is 1. The van der Waals surface area contributed by atoms with Crippen LogP contribution in [0.5, 0.6) is 0 Å². The van der Waals surface area contributed by atoms with Gasteiger partial charge in [0.25, 0.3) is 0 Å². The van der Waals surface area contributed by atoms with Crippen LogP contribution in [0, 0.1) is 0 Å². The summed E-state index contributed by atoms with van der Waals surface area (Å²) in [5.41, 5.74) is 1.63. The summed E-state index contributed by atoms with van der Waals surface area (Å²) in [7, 11) is 3.36. The molecule has 0 unspecified atom stereocenters. The zero-order valence-electron chi connectivity index (χ0n) is 12.5. The number of rotatable bonds is 8. The summed E-state index contributed by atoms with van der Waals surface area (Å²) in [5.74, 6) is -0.815. The van der Waals surface area contributed by atoms with Gasteiger partial charge in [-0.05, 0) is 30.5 Å². The Morgan fingerprint density at radius 3 is 2.52 bits per heavy atom. The third-order valence-corrected chi connectivity index (χ3v) is 3.02. The molecule has 1 rings (SSSR count). The minimum absolute atomic E-state index is 0.105. The number of carbonyl (C=O) groups is 2. The number of methoxy groups -OCH3 is 1. The first kappa shape index (κ1) is 17.0.